The molecular weight excluding hydrogens is 310 g/mol. The molecule has 0 amide bonds. The van der Waals surface area contributed by atoms with E-state index in [9.17, 15) is 0 Å². The Kier molecular flexibility index (Phi) is 6.38. The number of nitrogens with zero attached hydrogens (tertiary/aromatic N) is 4. The minimum Gasteiger partial charge on any atom is -0.378 e. The quantitative estimate of drug-likeness (QED) is 0.652. The van der Waals surface area contributed by atoms with Crippen LogP contribution in [-0.4, -0.2) is 73.2 Å². The minimum absolute atomic E-state index is 0.105. The van der Waals surface area contributed by atoms with E-state index in [1.54, 1.807) is 11.3 Å². The van der Waals surface area contributed by atoms with Crippen molar-refractivity contribution in [1.29, 1.82) is 0 Å². The van der Waals surface area contributed by atoms with Gasteiger partial charge in [0.1, 0.15) is 0 Å². The molecule has 23 heavy (non-hydrogen) atoms. The summed E-state index contributed by atoms with van der Waals surface area (Å²) in [6, 6.07) is 0. The van der Waals surface area contributed by atoms with Gasteiger partial charge in [0.2, 0.25) is 0 Å². The summed E-state index contributed by atoms with van der Waals surface area (Å²) in [6.45, 7) is 11.7. The van der Waals surface area contributed by atoms with E-state index >= 15 is 0 Å². The second kappa shape index (κ2) is 8.08. The molecule has 1 N–H and O–H groups in total. The summed E-state index contributed by atoms with van der Waals surface area (Å²) >= 11 is 1.69. The number of hydrogen-bond acceptors (Lipinski definition) is 5. The molecular formula is C16H29N5OS. The molecule has 1 aromatic heterocycles. The van der Waals surface area contributed by atoms with Crippen LogP contribution < -0.4 is 5.32 Å². The predicted octanol–water partition coefficient (Wildman–Crippen LogP) is 1.57. The number of aromatic nitrogens is 1. The Bertz CT molecular complexity index is 528. The molecule has 2 heterocycles. The molecule has 1 aliphatic rings. The molecule has 7 heteroatoms. The molecule has 0 spiro atoms. The van der Waals surface area contributed by atoms with Crippen molar-refractivity contribution in [1.82, 2.24) is 20.1 Å². The van der Waals surface area contributed by atoms with E-state index < -0.39 is 0 Å². The van der Waals surface area contributed by atoms with Crippen molar-refractivity contribution in [3.8, 4) is 0 Å². The van der Waals surface area contributed by atoms with Crippen molar-refractivity contribution in [2.24, 2.45) is 4.99 Å². The van der Waals surface area contributed by atoms with Crippen molar-refractivity contribution < 1.29 is 4.74 Å². The number of guanidine groups is 1. The van der Waals surface area contributed by atoms with Crippen molar-refractivity contribution >= 4 is 17.3 Å². The standard InChI is InChI=1S/C16H29N5OS/c1-13-19-14(11-23-13)10-20(5)15(17-4)18-6-7-21-8-9-22-12-16(21,2)3/h11H,6-10,12H2,1-5H3,(H,17,18). The normalized spacial score (nSPS) is 18.9. The van der Waals surface area contributed by atoms with Crippen LogP contribution in [0.2, 0.25) is 0 Å². The molecule has 1 saturated heterocycles. The maximum absolute atomic E-state index is 5.57. The predicted molar refractivity (Wildman–Crippen MR) is 96.2 cm³/mol. The highest BCUT2D eigenvalue weighted by atomic mass is 32.1. The van der Waals surface area contributed by atoms with Gasteiger partial charge in [0, 0.05) is 44.6 Å². The Balaban J connectivity index is 1.80. The second-order valence-electron chi connectivity index (χ2n) is 6.54. The summed E-state index contributed by atoms with van der Waals surface area (Å²) < 4.78 is 5.57. The molecule has 0 saturated carbocycles. The highest BCUT2D eigenvalue weighted by molar-refractivity contribution is 7.09. The smallest absolute Gasteiger partial charge is 0.193 e. The van der Waals surface area contributed by atoms with Gasteiger partial charge in [-0.2, -0.15) is 0 Å². The van der Waals surface area contributed by atoms with Crippen molar-refractivity contribution in [3.05, 3.63) is 16.1 Å². The number of aryl methyl sites for hydroxylation is 1. The Morgan fingerprint density at radius 1 is 1.57 bits per heavy atom. The van der Waals surface area contributed by atoms with Crippen LogP contribution in [0, 0.1) is 6.92 Å². The van der Waals surface area contributed by atoms with Gasteiger partial charge in [0.05, 0.1) is 30.5 Å². The van der Waals surface area contributed by atoms with Crippen LogP contribution >= 0.6 is 11.3 Å². The van der Waals surface area contributed by atoms with Crippen molar-refractivity contribution in [2.75, 3.05) is 46.9 Å². The van der Waals surface area contributed by atoms with Crippen molar-refractivity contribution in [3.63, 3.8) is 0 Å². The van der Waals surface area contributed by atoms with Crippen LogP contribution in [0.3, 0.4) is 0 Å². The van der Waals surface area contributed by atoms with Gasteiger partial charge in [-0.3, -0.25) is 9.89 Å². The zero-order chi connectivity index (χ0) is 16.9. The van der Waals surface area contributed by atoms with Gasteiger partial charge in [-0.25, -0.2) is 4.98 Å². The number of nitrogens with one attached hydrogen (secondary N) is 1. The topological polar surface area (TPSA) is 53.0 Å². The zero-order valence-corrected chi connectivity index (χ0v) is 15.7. The van der Waals surface area contributed by atoms with Gasteiger partial charge in [0.15, 0.2) is 5.96 Å². The monoisotopic (exact) mass is 339 g/mol. The molecule has 0 aromatic carbocycles. The highest BCUT2D eigenvalue weighted by Crippen LogP contribution is 2.17. The summed E-state index contributed by atoms with van der Waals surface area (Å²) in [6.07, 6.45) is 0. The molecule has 0 aliphatic carbocycles. The highest BCUT2D eigenvalue weighted by Gasteiger charge is 2.29. The van der Waals surface area contributed by atoms with Crippen LogP contribution in [0.25, 0.3) is 0 Å². The molecule has 0 unspecified atom stereocenters. The maximum Gasteiger partial charge on any atom is 0.193 e. The number of morpholine rings is 1. The van der Waals surface area contributed by atoms with E-state index in [-0.39, 0.29) is 5.54 Å². The molecule has 1 aromatic rings. The molecule has 6 nitrogen and oxygen atoms in total. The first-order valence-corrected chi connectivity index (χ1v) is 8.96. The maximum atomic E-state index is 5.57. The number of rotatable bonds is 5. The van der Waals surface area contributed by atoms with E-state index in [1.165, 1.54) is 0 Å². The number of hydrogen-bond donors (Lipinski definition) is 1. The third-order valence-corrected chi connectivity index (χ3v) is 4.94. The van der Waals surface area contributed by atoms with E-state index in [4.69, 9.17) is 4.74 Å². The lowest BCUT2D eigenvalue weighted by Gasteiger charge is -2.42. The molecule has 130 valence electrons. The average Bonchev–Trinajstić information content (AvgIpc) is 2.89. The third-order valence-electron chi connectivity index (χ3n) is 4.12. The fourth-order valence-corrected chi connectivity index (χ4v) is 3.40. The van der Waals surface area contributed by atoms with Crippen LogP contribution in [0.5, 0.6) is 0 Å². The third kappa shape index (κ3) is 5.16. The summed E-state index contributed by atoms with van der Waals surface area (Å²) in [7, 11) is 3.87. The van der Waals surface area contributed by atoms with Gasteiger partial charge in [-0.15, -0.1) is 11.3 Å². The fourth-order valence-electron chi connectivity index (χ4n) is 2.79. The van der Waals surface area contributed by atoms with Crippen LogP contribution in [0.15, 0.2) is 10.4 Å². The van der Waals surface area contributed by atoms with Gasteiger partial charge in [-0.05, 0) is 20.8 Å². The number of thiazole rings is 1. The lowest BCUT2D eigenvalue weighted by molar-refractivity contribution is -0.0496. The van der Waals surface area contributed by atoms with Crippen LogP contribution in [0.4, 0.5) is 0 Å². The van der Waals surface area contributed by atoms with Crippen LogP contribution in [0.1, 0.15) is 24.5 Å². The summed E-state index contributed by atoms with van der Waals surface area (Å²) in [4.78, 5) is 13.5. The average molecular weight is 340 g/mol. The molecule has 0 atom stereocenters. The second-order valence-corrected chi connectivity index (χ2v) is 7.60. The van der Waals surface area contributed by atoms with Crippen molar-refractivity contribution in [2.45, 2.75) is 32.9 Å². The Morgan fingerprint density at radius 2 is 2.35 bits per heavy atom. The zero-order valence-electron chi connectivity index (χ0n) is 14.9. The van der Waals surface area contributed by atoms with E-state index in [2.05, 4.69) is 44.3 Å². The lowest BCUT2D eigenvalue weighted by Crippen LogP contribution is -2.55. The number of ether oxygens (including phenoxy) is 1. The van der Waals surface area contributed by atoms with E-state index in [1.807, 2.05) is 21.0 Å². The summed E-state index contributed by atoms with van der Waals surface area (Å²) in [5.41, 5.74) is 1.19. The first kappa shape index (κ1) is 18.2. The summed E-state index contributed by atoms with van der Waals surface area (Å²) in [5, 5.41) is 6.66. The molecule has 0 radical (unpaired) electrons. The van der Waals surface area contributed by atoms with E-state index in [0.29, 0.717) is 0 Å². The molecule has 0 bridgehead atoms. The van der Waals surface area contributed by atoms with Gasteiger partial charge < -0.3 is 15.0 Å². The number of aliphatic imine (C=N–C) groups is 1. The van der Waals surface area contributed by atoms with E-state index in [0.717, 1.165) is 56.1 Å². The SMILES string of the molecule is CN=C(NCCN1CCOCC1(C)C)N(C)Cc1csc(C)n1. The minimum atomic E-state index is 0.105. The Morgan fingerprint density at radius 3 is 2.96 bits per heavy atom. The fraction of sp³-hybridized carbons (Fsp3) is 0.750. The van der Waals surface area contributed by atoms with Gasteiger partial charge in [0.25, 0.3) is 0 Å². The largest absolute Gasteiger partial charge is 0.378 e. The Hall–Kier alpha value is -1.18. The first-order valence-electron chi connectivity index (χ1n) is 8.08. The van der Waals surface area contributed by atoms with Crippen LogP contribution in [-0.2, 0) is 11.3 Å². The van der Waals surface area contributed by atoms with Gasteiger partial charge >= 0.3 is 0 Å². The lowest BCUT2D eigenvalue weighted by atomic mass is 10.0. The molecule has 2 rings (SSSR count). The Labute approximate surface area is 143 Å². The summed E-state index contributed by atoms with van der Waals surface area (Å²) in [5.74, 6) is 0.904. The molecule has 1 fully saturated rings. The first-order chi connectivity index (χ1) is 10.9. The molecule has 1 aliphatic heterocycles. The van der Waals surface area contributed by atoms with Gasteiger partial charge in [-0.1, -0.05) is 0 Å².